The van der Waals surface area contributed by atoms with Gasteiger partial charge in [-0.2, -0.15) is 18.2 Å². The number of nitrogens with one attached hydrogen (secondary N) is 4. The molecule has 5 heterocycles. The molecular formula is C54H68F3N11O7S. The van der Waals surface area contributed by atoms with E-state index in [1.807, 2.05) is 29.3 Å². The Kier molecular flexibility index (Phi) is 18.3. The Hall–Kier alpha value is -6.27. The molecule has 22 heteroatoms. The van der Waals surface area contributed by atoms with Crippen LogP contribution in [0, 0.1) is 0 Å². The topological polar surface area (TPSA) is 196 Å². The normalized spacial score (nSPS) is 18.3. The predicted octanol–water partition coefficient (Wildman–Crippen LogP) is 5.83. The summed E-state index contributed by atoms with van der Waals surface area (Å²) in [4.78, 5) is 48.4. The van der Waals surface area contributed by atoms with Crippen molar-refractivity contribution in [3.63, 3.8) is 0 Å². The third-order valence-corrected chi connectivity index (χ3v) is 14.8. The molecule has 0 bridgehead atoms. The van der Waals surface area contributed by atoms with Crippen molar-refractivity contribution in [3.05, 3.63) is 119 Å². The Morgan fingerprint density at radius 1 is 0.895 bits per heavy atom. The largest absolute Gasteiger partial charge is 0.492 e. The van der Waals surface area contributed by atoms with Gasteiger partial charge in [0, 0.05) is 127 Å². The molecule has 3 aliphatic rings. The number of alkyl halides is 3. The Bertz CT molecular complexity index is 2910. The van der Waals surface area contributed by atoms with Crippen molar-refractivity contribution in [1.82, 2.24) is 35.0 Å². The first-order chi connectivity index (χ1) is 36.3. The molecular weight excluding hydrogens is 1000 g/mol. The quantitative estimate of drug-likeness (QED) is 0.0605. The SMILES string of the molecule is COC[C@H]1CN[C@H](C)CN1CC(=O)N1CC(C)(C)c2ncc(Cc3ccccc3OCCN3CCN(CCOCC(=O)Nc4ccc(Nc5ncc(C(F)(F)F)c(NCc6cccc(S(C)(=O)=O)c6)n5)cc4)CC3)cc21. The van der Waals surface area contributed by atoms with E-state index in [2.05, 4.69) is 78.8 Å². The second-order valence-corrected chi connectivity index (χ2v) is 22.3. The Labute approximate surface area is 442 Å². The number of rotatable bonds is 22. The molecule has 0 spiro atoms. The lowest BCUT2D eigenvalue weighted by molar-refractivity contribution is -0.137. The summed E-state index contributed by atoms with van der Waals surface area (Å²) < 4.78 is 83.0. The summed E-state index contributed by atoms with van der Waals surface area (Å²) in [7, 11) is -1.81. The lowest BCUT2D eigenvalue weighted by atomic mass is 9.91. The predicted molar refractivity (Wildman–Crippen MR) is 285 cm³/mol. The molecule has 2 saturated heterocycles. The lowest BCUT2D eigenvalue weighted by Crippen LogP contribution is -2.59. The highest BCUT2D eigenvalue weighted by Crippen LogP contribution is 2.40. The van der Waals surface area contributed by atoms with Crippen molar-refractivity contribution >= 4 is 50.5 Å². The van der Waals surface area contributed by atoms with Crippen LogP contribution in [-0.2, 0) is 53.5 Å². The average Bonchev–Trinajstić information content (AvgIpc) is 3.67. The van der Waals surface area contributed by atoms with Crippen molar-refractivity contribution in [2.45, 2.75) is 62.3 Å². The zero-order chi connectivity index (χ0) is 54.0. The third-order valence-electron chi connectivity index (χ3n) is 13.7. The number of carbonyl (C=O) groups excluding carboxylic acids is 2. The second kappa shape index (κ2) is 24.8. The number of piperazine rings is 2. The van der Waals surface area contributed by atoms with Crippen LogP contribution in [0.1, 0.15) is 48.7 Å². The molecule has 2 aromatic heterocycles. The summed E-state index contributed by atoms with van der Waals surface area (Å²) in [6.07, 6.45) is -0.484. The first-order valence-electron chi connectivity index (χ1n) is 25.4. The fourth-order valence-corrected chi connectivity index (χ4v) is 10.3. The van der Waals surface area contributed by atoms with E-state index in [9.17, 15) is 31.2 Å². The highest BCUT2D eigenvalue weighted by atomic mass is 32.2. The van der Waals surface area contributed by atoms with Crippen molar-refractivity contribution in [3.8, 4) is 5.75 Å². The summed E-state index contributed by atoms with van der Waals surface area (Å²) >= 11 is 0. The van der Waals surface area contributed by atoms with Crippen molar-refractivity contribution in [1.29, 1.82) is 0 Å². The molecule has 2 amide bonds. The first kappa shape index (κ1) is 55.9. The number of fused-ring (bicyclic) bond motifs is 1. The Morgan fingerprint density at radius 3 is 2.34 bits per heavy atom. The Balaban J connectivity index is 0.736. The van der Waals surface area contributed by atoms with Gasteiger partial charge in [0.1, 0.15) is 30.3 Å². The molecule has 18 nitrogen and oxygen atoms in total. The molecule has 0 aliphatic carbocycles. The van der Waals surface area contributed by atoms with Gasteiger partial charge >= 0.3 is 6.18 Å². The maximum absolute atomic E-state index is 14.0. The molecule has 76 heavy (non-hydrogen) atoms. The van der Waals surface area contributed by atoms with Gasteiger partial charge in [0.2, 0.25) is 17.8 Å². The number of hydrogen-bond donors (Lipinski definition) is 4. The fourth-order valence-electron chi connectivity index (χ4n) is 9.65. The van der Waals surface area contributed by atoms with Crippen LogP contribution < -0.4 is 30.9 Å². The maximum atomic E-state index is 14.0. The molecule has 5 aromatic rings. The molecule has 0 radical (unpaired) electrons. The number of carbonyl (C=O) groups is 2. The standard InChI is InChI=1S/C54H68F3N11O7S/c1-37-32-67(43(30-58-37)34-73-4)33-49(70)68-36-53(2,3)50-46(68)27-39(29-59-50)25-40-10-6-7-12-47(40)75-24-22-66-19-17-65(18-20-66)21-23-74-35-48(69)62-41-13-15-42(16-14-41)63-52-61-31-45(54(55,56)57)51(64-52)60-28-38-9-8-11-44(26-38)76(5,71)72/h6-16,26-27,29,31,37,43,58H,17-25,28,30,32-36H2,1-5H3,(H,62,69)(H2,60,61,63,64)/t37-,43-/m1/s1. The molecule has 4 N–H and O–H groups in total. The molecule has 0 unspecified atom stereocenters. The molecule has 3 aliphatic heterocycles. The van der Waals surface area contributed by atoms with Crippen LogP contribution >= 0.6 is 0 Å². The van der Waals surface area contributed by atoms with Gasteiger partial charge in [-0.15, -0.1) is 0 Å². The van der Waals surface area contributed by atoms with Gasteiger partial charge in [-0.05, 0) is 72.1 Å². The van der Waals surface area contributed by atoms with Gasteiger partial charge in [0.25, 0.3) is 0 Å². The molecule has 3 aromatic carbocycles. The van der Waals surface area contributed by atoms with Crippen LogP contribution in [0.3, 0.4) is 0 Å². The summed E-state index contributed by atoms with van der Waals surface area (Å²) in [5.74, 6) is -0.0305. The second-order valence-electron chi connectivity index (χ2n) is 20.3. The minimum absolute atomic E-state index is 0.0456. The van der Waals surface area contributed by atoms with Gasteiger partial charge in [-0.1, -0.05) is 44.2 Å². The number of ether oxygens (including phenoxy) is 3. The number of nitrogens with zero attached hydrogens (tertiary/aromatic N) is 7. The number of hydrogen-bond acceptors (Lipinski definition) is 16. The van der Waals surface area contributed by atoms with E-state index in [4.69, 9.17) is 19.2 Å². The molecule has 8 rings (SSSR count). The maximum Gasteiger partial charge on any atom is 0.421 e. The summed E-state index contributed by atoms with van der Waals surface area (Å²) in [5, 5.41) is 11.8. The van der Waals surface area contributed by atoms with Gasteiger partial charge in [-0.25, -0.2) is 13.4 Å². The summed E-state index contributed by atoms with van der Waals surface area (Å²) in [6.45, 7) is 15.0. The highest BCUT2D eigenvalue weighted by Gasteiger charge is 2.41. The van der Waals surface area contributed by atoms with Crippen LogP contribution in [0.4, 0.5) is 42.0 Å². The van der Waals surface area contributed by atoms with Crippen molar-refractivity contribution in [2.75, 3.05) is 126 Å². The zero-order valence-electron chi connectivity index (χ0n) is 43.7. The van der Waals surface area contributed by atoms with E-state index in [-0.39, 0.29) is 47.3 Å². The van der Waals surface area contributed by atoms with Crippen molar-refractivity contribution < 1.29 is 45.4 Å². The van der Waals surface area contributed by atoms with E-state index in [1.54, 1.807) is 37.4 Å². The van der Waals surface area contributed by atoms with Gasteiger partial charge in [0.15, 0.2) is 9.84 Å². The van der Waals surface area contributed by atoms with Gasteiger partial charge in [0.05, 0.1) is 36.0 Å². The molecule has 2 fully saturated rings. The number of anilines is 5. The molecule has 408 valence electrons. The van der Waals surface area contributed by atoms with E-state index < -0.39 is 27.4 Å². The number of pyridine rings is 1. The number of halogens is 3. The zero-order valence-corrected chi connectivity index (χ0v) is 44.5. The van der Waals surface area contributed by atoms with Crippen molar-refractivity contribution in [2.24, 2.45) is 0 Å². The van der Waals surface area contributed by atoms with Crippen LogP contribution in [0.15, 0.2) is 96.2 Å². The van der Waals surface area contributed by atoms with E-state index in [1.165, 1.54) is 18.2 Å². The van der Waals surface area contributed by atoms with Crippen LogP contribution in [0.5, 0.6) is 5.75 Å². The monoisotopic (exact) mass is 1070 g/mol. The van der Waals surface area contributed by atoms with E-state index >= 15 is 0 Å². The van der Waals surface area contributed by atoms with Crippen LogP contribution in [-0.4, -0.2) is 167 Å². The van der Waals surface area contributed by atoms with Crippen LogP contribution in [0.2, 0.25) is 0 Å². The number of methoxy groups -OCH3 is 1. The number of benzene rings is 3. The highest BCUT2D eigenvalue weighted by molar-refractivity contribution is 7.90. The van der Waals surface area contributed by atoms with Crippen LogP contribution in [0.25, 0.3) is 0 Å². The lowest BCUT2D eigenvalue weighted by Gasteiger charge is -2.39. The number of amides is 2. The van der Waals surface area contributed by atoms with E-state index in [0.717, 1.165) is 80.3 Å². The minimum Gasteiger partial charge on any atom is -0.492 e. The third kappa shape index (κ3) is 15.0. The number of sulfone groups is 1. The number of para-hydroxylation sites is 1. The van der Waals surface area contributed by atoms with E-state index in [0.29, 0.717) is 75.1 Å². The fraction of sp³-hybridized carbons (Fsp3) is 0.463. The smallest absolute Gasteiger partial charge is 0.421 e. The minimum atomic E-state index is -4.75. The number of aromatic nitrogens is 3. The molecule has 2 atom stereocenters. The van der Waals surface area contributed by atoms with Gasteiger partial charge < -0.3 is 40.4 Å². The summed E-state index contributed by atoms with van der Waals surface area (Å²) in [5.41, 5.74) is 3.93. The van der Waals surface area contributed by atoms with Gasteiger partial charge in [-0.3, -0.25) is 29.3 Å². The average molecular weight is 1070 g/mol. The first-order valence-corrected chi connectivity index (χ1v) is 27.3. The summed E-state index contributed by atoms with van der Waals surface area (Å²) in [6, 6.07) is 23.0. The molecule has 0 saturated carbocycles. The Morgan fingerprint density at radius 2 is 1.62 bits per heavy atom.